The molecule has 1 heterocycles. The van der Waals surface area contributed by atoms with Gasteiger partial charge < -0.3 is 15.0 Å². The lowest BCUT2D eigenvalue weighted by Crippen LogP contribution is -2.45. The Morgan fingerprint density at radius 2 is 2.00 bits per heavy atom. The van der Waals surface area contributed by atoms with E-state index in [0.717, 1.165) is 31.7 Å². The summed E-state index contributed by atoms with van der Waals surface area (Å²) < 4.78 is 5.47. The van der Waals surface area contributed by atoms with Crippen molar-refractivity contribution in [3.63, 3.8) is 0 Å². The van der Waals surface area contributed by atoms with Gasteiger partial charge in [-0.3, -0.25) is 4.79 Å². The second-order valence-electron chi connectivity index (χ2n) is 4.59. The van der Waals surface area contributed by atoms with Crippen LogP contribution in [-0.2, 0) is 4.79 Å². The van der Waals surface area contributed by atoms with Gasteiger partial charge in [0.05, 0.1) is 0 Å². The Morgan fingerprint density at radius 3 is 2.67 bits per heavy atom. The molecule has 98 valence electrons. The molecule has 0 aromatic heterocycles. The molecule has 1 aliphatic rings. The Morgan fingerprint density at radius 1 is 1.33 bits per heavy atom. The lowest BCUT2D eigenvalue weighted by Gasteiger charge is -2.31. The number of carbonyl (C=O) groups excluding carboxylic acids is 1. The number of nitrogens with zero attached hydrogens (tertiary/aromatic N) is 1. The summed E-state index contributed by atoms with van der Waals surface area (Å²) in [6.45, 7) is 2.09. The fourth-order valence-corrected chi connectivity index (χ4v) is 2.16. The van der Waals surface area contributed by atoms with E-state index in [9.17, 15) is 4.79 Å². The number of carbonyl (C=O) groups is 1. The number of nitrogens with one attached hydrogen (secondary N) is 1. The van der Waals surface area contributed by atoms with Gasteiger partial charge in [0.1, 0.15) is 5.75 Å². The van der Waals surface area contributed by atoms with E-state index in [4.69, 9.17) is 4.74 Å². The van der Waals surface area contributed by atoms with Crippen LogP contribution in [0.2, 0.25) is 0 Å². The maximum absolute atomic E-state index is 12.0. The van der Waals surface area contributed by atoms with Crippen molar-refractivity contribution in [1.82, 2.24) is 10.2 Å². The molecule has 4 heteroatoms. The molecule has 1 amide bonds. The van der Waals surface area contributed by atoms with Gasteiger partial charge in [-0.15, -0.1) is 0 Å². The summed E-state index contributed by atoms with van der Waals surface area (Å²) in [5, 5.41) is 3.30. The van der Waals surface area contributed by atoms with Gasteiger partial charge in [0.2, 0.25) is 0 Å². The molecule has 1 aliphatic heterocycles. The highest BCUT2D eigenvalue weighted by molar-refractivity contribution is 5.77. The Bertz CT molecular complexity index is 375. The summed E-state index contributed by atoms with van der Waals surface area (Å²) in [4.78, 5) is 13.8. The van der Waals surface area contributed by atoms with Crippen LogP contribution in [0.3, 0.4) is 0 Å². The summed E-state index contributed by atoms with van der Waals surface area (Å²) in [5.41, 5.74) is 0. The van der Waals surface area contributed by atoms with Crippen LogP contribution in [0.15, 0.2) is 30.3 Å². The Kier molecular flexibility index (Phi) is 4.59. The quantitative estimate of drug-likeness (QED) is 0.872. The van der Waals surface area contributed by atoms with Crippen molar-refractivity contribution in [3.8, 4) is 5.75 Å². The standard InChI is InChI=1S/C14H20N2O2/c1-16(12-7-9-15-10-8-12)14(17)11-18-13-5-3-2-4-6-13/h2-6,12,15H,7-11H2,1H3. The van der Waals surface area contributed by atoms with E-state index in [1.54, 1.807) is 0 Å². The molecule has 1 N–H and O–H groups in total. The van der Waals surface area contributed by atoms with E-state index in [2.05, 4.69) is 5.32 Å². The zero-order chi connectivity index (χ0) is 12.8. The summed E-state index contributed by atoms with van der Waals surface area (Å²) >= 11 is 0. The van der Waals surface area contributed by atoms with Crippen LogP contribution >= 0.6 is 0 Å². The number of likely N-dealkylation sites (N-methyl/N-ethyl adjacent to an activating group) is 1. The highest BCUT2D eigenvalue weighted by Gasteiger charge is 2.21. The molecule has 2 rings (SSSR count). The van der Waals surface area contributed by atoms with Crippen LogP contribution in [-0.4, -0.2) is 43.6 Å². The van der Waals surface area contributed by atoms with Gasteiger partial charge in [0.25, 0.3) is 5.91 Å². The Balaban J connectivity index is 1.80. The van der Waals surface area contributed by atoms with Gasteiger partial charge in [0.15, 0.2) is 6.61 Å². The van der Waals surface area contributed by atoms with Crippen molar-refractivity contribution < 1.29 is 9.53 Å². The third kappa shape index (κ3) is 3.47. The van der Waals surface area contributed by atoms with E-state index < -0.39 is 0 Å². The lowest BCUT2D eigenvalue weighted by molar-refractivity contribution is -0.134. The normalized spacial score (nSPS) is 16.3. The summed E-state index contributed by atoms with van der Waals surface area (Å²) in [6, 6.07) is 9.79. The molecular weight excluding hydrogens is 228 g/mol. The van der Waals surface area contributed by atoms with Crippen molar-refractivity contribution in [2.75, 3.05) is 26.7 Å². The molecule has 1 aromatic carbocycles. The first-order valence-electron chi connectivity index (χ1n) is 6.41. The van der Waals surface area contributed by atoms with Crippen LogP contribution < -0.4 is 10.1 Å². The molecule has 0 radical (unpaired) electrons. The summed E-state index contributed by atoms with van der Waals surface area (Å²) in [7, 11) is 1.87. The zero-order valence-corrected chi connectivity index (χ0v) is 10.8. The van der Waals surface area contributed by atoms with Crippen molar-refractivity contribution in [3.05, 3.63) is 30.3 Å². The molecule has 0 unspecified atom stereocenters. The molecule has 0 spiro atoms. The van der Waals surface area contributed by atoms with Crippen LogP contribution in [0.4, 0.5) is 0 Å². The largest absolute Gasteiger partial charge is 0.484 e. The number of hydrogen-bond acceptors (Lipinski definition) is 3. The molecule has 0 bridgehead atoms. The average molecular weight is 248 g/mol. The van der Waals surface area contributed by atoms with E-state index in [1.807, 2.05) is 42.3 Å². The fourth-order valence-electron chi connectivity index (χ4n) is 2.16. The number of amides is 1. The number of hydrogen-bond donors (Lipinski definition) is 1. The maximum atomic E-state index is 12.0. The molecule has 0 atom stereocenters. The molecule has 4 nitrogen and oxygen atoms in total. The number of rotatable bonds is 4. The molecular formula is C14H20N2O2. The first-order valence-corrected chi connectivity index (χ1v) is 6.41. The predicted molar refractivity (Wildman–Crippen MR) is 70.6 cm³/mol. The minimum absolute atomic E-state index is 0.0470. The van der Waals surface area contributed by atoms with E-state index in [1.165, 1.54) is 0 Å². The second-order valence-corrected chi connectivity index (χ2v) is 4.59. The average Bonchev–Trinajstić information content (AvgIpc) is 2.46. The maximum Gasteiger partial charge on any atom is 0.260 e. The number of piperidine rings is 1. The minimum atomic E-state index is 0.0470. The second kappa shape index (κ2) is 6.40. The minimum Gasteiger partial charge on any atom is -0.484 e. The molecule has 0 aliphatic carbocycles. The highest BCUT2D eigenvalue weighted by atomic mass is 16.5. The van der Waals surface area contributed by atoms with E-state index >= 15 is 0 Å². The SMILES string of the molecule is CN(C(=O)COc1ccccc1)C1CCNCC1. The third-order valence-electron chi connectivity index (χ3n) is 3.36. The number of para-hydroxylation sites is 1. The van der Waals surface area contributed by atoms with Crippen molar-refractivity contribution >= 4 is 5.91 Å². The topological polar surface area (TPSA) is 41.6 Å². The summed E-state index contributed by atoms with van der Waals surface area (Å²) in [6.07, 6.45) is 2.04. The monoisotopic (exact) mass is 248 g/mol. The molecule has 0 saturated carbocycles. The van der Waals surface area contributed by atoms with Crippen LogP contribution in [0, 0.1) is 0 Å². The molecule has 1 saturated heterocycles. The van der Waals surface area contributed by atoms with Crippen LogP contribution in [0.25, 0.3) is 0 Å². The molecule has 18 heavy (non-hydrogen) atoms. The van der Waals surface area contributed by atoms with Crippen LogP contribution in [0.5, 0.6) is 5.75 Å². The fraction of sp³-hybridized carbons (Fsp3) is 0.500. The Labute approximate surface area is 108 Å². The smallest absolute Gasteiger partial charge is 0.260 e. The van der Waals surface area contributed by atoms with Crippen molar-refractivity contribution in [2.45, 2.75) is 18.9 Å². The van der Waals surface area contributed by atoms with Crippen molar-refractivity contribution in [1.29, 1.82) is 0 Å². The number of ether oxygens (including phenoxy) is 1. The predicted octanol–water partition coefficient (Wildman–Crippen LogP) is 1.28. The van der Waals surface area contributed by atoms with Gasteiger partial charge in [-0.2, -0.15) is 0 Å². The summed E-state index contributed by atoms with van der Waals surface area (Å²) in [5.74, 6) is 0.787. The third-order valence-corrected chi connectivity index (χ3v) is 3.36. The van der Waals surface area contributed by atoms with Crippen LogP contribution in [0.1, 0.15) is 12.8 Å². The van der Waals surface area contributed by atoms with E-state index in [-0.39, 0.29) is 12.5 Å². The first-order chi connectivity index (χ1) is 8.77. The lowest BCUT2D eigenvalue weighted by atomic mass is 10.1. The number of benzene rings is 1. The van der Waals surface area contributed by atoms with Gasteiger partial charge in [-0.1, -0.05) is 18.2 Å². The van der Waals surface area contributed by atoms with Gasteiger partial charge in [0, 0.05) is 13.1 Å². The molecule has 1 fully saturated rings. The zero-order valence-electron chi connectivity index (χ0n) is 10.8. The Hall–Kier alpha value is -1.55. The highest BCUT2D eigenvalue weighted by Crippen LogP contribution is 2.12. The van der Waals surface area contributed by atoms with Crippen molar-refractivity contribution in [2.24, 2.45) is 0 Å². The first kappa shape index (κ1) is 12.9. The van der Waals surface area contributed by atoms with E-state index in [0.29, 0.717) is 6.04 Å². The van der Waals surface area contributed by atoms with Gasteiger partial charge in [-0.25, -0.2) is 0 Å². The molecule has 1 aromatic rings. The van der Waals surface area contributed by atoms with Gasteiger partial charge in [-0.05, 0) is 38.1 Å². The van der Waals surface area contributed by atoms with Gasteiger partial charge >= 0.3 is 0 Å².